The molecule has 1 aliphatic heterocycles. The van der Waals surface area contributed by atoms with Gasteiger partial charge in [-0.1, -0.05) is 42.5 Å². The summed E-state index contributed by atoms with van der Waals surface area (Å²) in [5.41, 5.74) is 3.26. The van der Waals surface area contributed by atoms with Crippen LogP contribution in [0, 0.1) is 5.82 Å². The molecule has 0 saturated heterocycles. The van der Waals surface area contributed by atoms with E-state index in [9.17, 15) is 9.18 Å². The lowest BCUT2D eigenvalue weighted by Gasteiger charge is -2.34. The minimum absolute atomic E-state index is 0.0304. The predicted molar refractivity (Wildman–Crippen MR) is 119 cm³/mol. The molecular weight excluding hydrogens is 395 g/mol. The van der Waals surface area contributed by atoms with Gasteiger partial charge in [0.1, 0.15) is 11.6 Å². The number of aliphatic carboxylic acids is 1. The van der Waals surface area contributed by atoms with Crippen molar-refractivity contribution in [3.05, 3.63) is 89.4 Å². The fourth-order valence-corrected chi connectivity index (χ4v) is 3.92. The second-order valence-electron chi connectivity index (χ2n) is 7.62. The molecule has 0 saturated carbocycles. The summed E-state index contributed by atoms with van der Waals surface area (Å²) in [6.07, 6.45) is 2.11. The van der Waals surface area contributed by atoms with Gasteiger partial charge in [0.25, 0.3) is 0 Å². The number of rotatable bonds is 8. The number of halogens is 1. The molecule has 2 atom stereocenters. The Morgan fingerprint density at radius 3 is 2.84 bits per heavy atom. The summed E-state index contributed by atoms with van der Waals surface area (Å²) >= 11 is 0. The van der Waals surface area contributed by atoms with Gasteiger partial charge in [0, 0.05) is 12.7 Å². The van der Waals surface area contributed by atoms with Gasteiger partial charge in [-0.25, -0.2) is 9.37 Å². The minimum atomic E-state index is -1.04. The molecule has 7 heteroatoms. The summed E-state index contributed by atoms with van der Waals surface area (Å²) in [6.45, 7) is 1.40. The molecule has 1 unspecified atom stereocenters. The van der Waals surface area contributed by atoms with Gasteiger partial charge < -0.3 is 21.1 Å². The van der Waals surface area contributed by atoms with Crippen LogP contribution in [0.15, 0.2) is 66.9 Å². The van der Waals surface area contributed by atoms with Gasteiger partial charge in [0.15, 0.2) is 0 Å². The molecule has 6 nitrogen and oxygen atoms in total. The highest BCUT2D eigenvalue weighted by molar-refractivity contribution is 5.70. The molecule has 160 valence electrons. The van der Waals surface area contributed by atoms with E-state index >= 15 is 0 Å². The number of fused-ring (bicyclic) bond motifs is 1. The number of nitrogens with zero attached hydrogens (tertiary/aromatic N) is 1. The van der Waals surface area contributed by atoms with Crippen molar-refractivity contribution in [1.29, 1.82) is 0 Å². The maximum Gasteiger partial charge on any atom is 0.307 e. The Morgan fingerprint density at radius 1 is 1.19 bits per heavy atom. The largest absolute Gasteiger partial charge is 0.481 e. The monoisotopic (exact) mass is 420 g/mol. The molecule has 2 heterocycles. The van der Waals surface area contributed by atoms with E-state index in [1.807, 2.05) is 30.3 Å². The molecule has 1 aliphatic rings. The normalized spacial score (nSPS) is 16.0. The first-order valence-electron chi connectivity index (χ1n) is 10.3. The molecule has 4 N–H and O–H groups in total. The van der Waals surface area contributed by atoms with Crippen molar-refractivity contribution < 1.29 is 14.3 Å². The molecule has 1 aromatic heterocycles. The Kier molecular flexibility index (Phi) is 6.43. The Hall–Kier alpha value is -3.45. The maximum absolute atomic E-state index is 13.9. The van der Waals surface area contributed by atoms with Crippen LogP contribution in [-0.4, -0.2) is 35.2 Å². The number of benzene rings is 2. The van der Waals surface area contributed by atoms with Crippen LogP contribution in [0.1, 0.15) is 22.7 Å². The van der Waals surface area contributed by atoms with Crippen molar-refractivity contribution in [1.82, 2.24) is 10.3 Å². The molecule has 4 rings (SSSR count). The highest BCUT2D eigenvalue weighted by atomic mass is 19.1. The van der Waals surface area contributed by atoms with E-state index in [0.29, 0.717) is 13.0 Å². The predicted octanol–water partition coefficient (Wildman–Crippen LogP) is 3.63. The van der Waals surface area contributed by atoms with Crippen LogP contribution in [0.3, 0.4) is 0 Å². The summed E-state index contributed by atoms with van der Waals surface area (Å²) in [4.78, 5) is 15.4. The highest BCUT2D eigenvalue weighted by Gasteiger charge is 2.27. The topological polar surface area (TPSA) is 86.3 Å². The quantitative estimate of drug-likeness (QED) is 0.445. The van der Waals surface area contributed by atoms with Crippen LogP contribution < -0.4 is 16.0 Å². The van der Waals surface area contributed by atoms with Crippen LogP contribution in [0.5, 0.6) is 0 Å². The second-order valence-corrected chi connectivity index (χ2v) is 7.62. The van der Waals surface area contributed by atoms with Gasteiger partial charge in [-0.3, -0.25) is 4.79 Å². The van der Waals surface area contributed by atoms with Crippen molar-refractivity contribution in [3.63, 3.8) is 0 Å². The fourth-order valence-electron chi connectivity index (χ4n) is 3.92. The molecule has 0 amide bonds. The molecule has 0 fully saturated rings. The Balaban J connectivity index is 1.46. The van der Waals surface area contributed by atoms with E-state index in [2.05, 4.69) is 33.1 Å². The number of aromatic nitrogens is 1. The summed E-state index contributed by atoms with van der Waals surface area (Å²) in [7, 11) is 0. The smallest absolute Gasteiger partial charge is 0.307 e. The number of carbonyl (C=O) groups is 1. The zero-order valence-electron chi connectivity index (χ0n) is 17.0. The molecule has 2 aromatic carbocycles. The number of hydrogen-bond acceptors (Lipinski definition) is 5. The van der Waals surface area contributed by atoms with Crippen LogP contribution in [0.2, 0.25) is 0 Å². The zero-order chi connectivity index (χ0) is 21.6. The second kappa shape index (κ2) is 9.57. The molecular formula is C24H25FN4O2. The minimum Gasteiger partial charge on any atom is -0.481 e. The molecule has 0 bridgehead atoms. The van der Waals surface area contributed by atoms with E-state index in [0.717, 1.165) is 29.2 Å². The van der Waals surface area contributed by atoms with Gasteiger partial charge >= 0.3 is 5.97 Å². The van der Waals surface area contributed by atoms with Crippen LogP contribution in [0.4, 0.5) is 15.9 Å². The average Bonchev–Trinajstić information content (AvgIpc) is 2.79. The van der Waals surface area contributed by atoms with E-state index < -0.39 is 11.8 Å². The number of anilines is 2. The first-order valence-corrected chi connectivity index (χ1v) is 10.3. The standard InChI is InChI=1S/C24H25FN4O2/c25-19-9-8-16(13-18(19)14-22(30)31)10-12-26-23(17-5-2-1-3-6-17)21-15-28-20-7-4-11-27-24(20)29-21/h1-9,11,13,21,23,26,28H,10,12,14-15H2,(H,27,29)(H,30,31)/t21-,23?/m1/s1. The van der Waals surface area contributed by atoms with Gasteiger partial charge in [-0.05, 0) is 47.9 Å². The van der Waals surface area contributed by atoms with Crippen LogP contribution in [-0.2, 0) is 17.6 Å². The number of hydrogen-bond donors (Lipinski definition) is 4. The van der Waals surface area contributed by atoms with Crippen molar-refractivity contribution >= 4 is 17.5 Å². The fraction of sp³-hybridized carbons (Fsp3) is 0.250. The van der Waals surface area contributed by atoms with Crippen molar-refractivity contribution in [2.75, 3.05) is 23.7 Å². The van der Waals surface area contributed by atoms with Crippen molar-refractivity contribution in [2.45, 2.75) is 24.9 Å². The van der Waals surface area contributed by atoms with Crippen molar-refractivity contribution in [2.24, 2.45) is 0 Å². The van der Waals surface area contributed by atoms with Gasteiger partial charge in [0.05, 0.1) is 24.2 Å². The lowest BCUT2D eigenvalue weighted by molar-refractivity contribution is -0.136. The zero-order valence-corrected chi connectivity index (χ0v) is 17.0. The van der Waals surface area contributed by atoms with E-state index in [1.165, 1.54) is 6.07 Å². The number of nitrogens with one attached hydrogen (secondary N) is 3. The first-order chi connectivity index (χ1) is 15.1. The number of carboxylic acid groups (broad SMARTS) is 1. The average molecular weight is 420 g/mol. The number of carboxylic acids is 1. The summed E-state index contributed by atoms with van der Waals surface area (Å²) in [6, 6.07) is 18.9. The molecule has 0 aliphatic carbocycles. The van der Waals surface area contributed by atoms with Gasteiger partial charge in [-0.15, -0.1) is 0 Å². The third-order valence-electron chi connectivity index (χ3n) is 5.43. The third kappa shape index (κ3) is 5.19. The third-order valence-corrected chi connectivity index (χ3v) is 5.43. The van der Waals surface area contributed by atoms with Crippen LogP contribution >= 0.6 is 0 Å². The van der Waals surface area contributed by atoms with Crippen LogP contribution in [0.25, 0.3) is 0 Å². The number of pyridine rings is 1. The Morgan fingerprint density at radius 2 is 2.03 bits per heavy atom. The van der Waals surface area contributed by atoms with E-state index in [-0.39, 0.29) is 24.1 Å². The lowest BCUT2D eigenvalue weighted by atomic mass is 9.97. The molecule has 0 spiro atoms. The highest BCUT2D eigenvalue weighted by Crippen LogP contribution is 2.28. The van der Waals surface area contributed by atoms with Gasteiger partial charge in [0.2, 0.25) is 0 Å². The summed E-state index contributed by atoms with van der Waals surface area (Å²) in [5.74, 6) is -0.689. The van der Waals surface area contributed by atoms with E-state index in [1.54, 1.807) is 18.3 Å². The van der Waals surface area contributed by atoms with Crippen molar-refractivity contribution in [3.8, 4) is 0 Å². The Bertz CT molecular complexity index is 1040. The Labute approximate surface area is 180 Å². The van der Waals surface area contributed by atoms with E-state index in [4.69, 9.17) is 5.11 Å². The lowest BCUT2D eigenvalue weighted by Crippen LogP contribution is -2.44. The SMILES string of the molecule is O=C(O)Cc1cc(CCNC(c2ccccc2)[C@H]2CNc3cccnc3N2)ccc1F. The molecule has 0 radical (unpaired) electrons. The first kappa shape index (κ1) is 20.8. The molecule has 31 heavy (non-hydrogen) atoms. The van der Waals surface area contributed by atoms with Gasteiger partial charge in [-0.2, -0.15) is 0 Å². The summed E-state index contributed by atoms with van der Waals surface area (Å²) in [5, 5.41) is 19.6. The maximum atomic E-state index is 13.9. The molecule has 3 aromatic rings. The summed E-state index contributed by atoms with van der Waals surface area (Å²) < 4.78 is 13.9.